The molecule has 0 spiro atoms. The minimum absolute atomic E-state index is 0.0741. The van der Waals surface area contributed by atoms with Crippen LogP contribution in [-0.4, -0.2) is 34.1 Å². The van der Waals surface area contributed by atoms with Crippen LogP contribution in [0.25, 0.3) is 17.5 Å². The highest BCUT2D eigenvalue weighted by Crippen LogP contribution is 2.46. The van der Waals surface area contributed by atoms with Crippen molar-refractivity contribution in [1.82, 2.24) is 19.9 Å². The molecule has 0 radical (unpaired) electrons. The number of hydrogen-bond acceptors (Lipinski definition) is 5. The fourth-order valence-electron chi connectivity index (χ4n) is 7.87. The third-order valence-electron chi connectivity index (χ3n) is 9.99. The molecular weight excluding hydrogens is 615 g/mol. The maximum atomic E-state index is 5.27. The highest BCUT2D eigenvalue weighted by atomic mass is 28.3. The van der Waals surface area contributed by atoms with Gasteiger partial charge in [0.05, 0.1) is 11.7 Å². The molecule has 0 saturated carbocycles. The zero-order valence-corrected chi connectivity index (χ0v) is 27.8. The number of benzene rings is 4. The van der Waals surface area contributed by atoms with Gasteiger partial charge in [0.25, 0.3) is 0 Å². The van der Waals surface area contributed by atoms with E-state index in [1.807, 2.05) is 36.8 Å². The van der Waals surface area contributed by atoms with Crippen molar-refractivity contribution in [3.63, 3.8) is 0 Å². The van der Waals surface area contributed by atoms with E-state index in [0.29, 0.717) is 5.82 Å². The van der Waals surface area contributed by atoms with Crippen LogP contribution in [0.3, 0.4) is 0 Å². The number of fused-ring (bicyclic) bond motifs is 6. The monoisotopic (exact) mass is 647 g/mol. The number of aromatic nitrogens is 4. The molecule has 1 aliphatic heterocycles. The highest BCUT2D eigenvalue weighted by molar-refractivity contribution is 7.19. The van der Waals surface area contributed by atoms with E-state index in [4.69, 9.17) is 19.9 Å². The first-order valence-corrected chi connectivity index (χ1v) is 18.8. The van der Waals surface area contributed by atoms with Crippen LogP contribution in [0.5, 0.6) is 0 Å². The standard InChI is InChI=1S/C43H33N5Si/c1-4-15-34(16-5-1)49(35-17-6-2-7-18-35,36-19-8-3-9-20-36)37-21-10-13-32(29-37)42-45-28-25-40(47-42)48-33-24-23-31-14-11-26-44-41(31)39(30-33)38-22-12-27-46-43(38)48/h1-29,33,39H,30H2. The average molecular weight is 648 g/mol. The van der Waals surface area contributed by atoms with Crippen molar-refractivity contribution in [2.75, 3.05) is 4.90 Å². The second-order valence-electron chi connectivity index (χ2n) is 12.6. The van der Waals surface area contributed by atoms with Crippen LogP contribution in [0.1, 0.15) is 29.2 Å². The quantitative estimate of drug-likeness (QED) is 0.155. The zero-order valence-electron chi connectivity index (χ0n) is 26.8. The Balaban J connectivity index is 1.19. The molecule has 3 aromatic heterocycles. The molecule has 0 saturated heterocycles. The van der Waals surface area contributed by atoms with Crippen molar-refractivity contribution in [3.05, 3.63) is 187 Å². The molecule has 49 heavy (non-hydrogen) atoms. The third kappa shape index (κ3) is 4.91. The van der Waals surface area contributed by atoms with Crippen LogP contribution in [0.2, 0.25) is 0 Å². The van der Waals surface area contributed by atoms with Gasteiger partial charge in [-0.1, -0.05) is 140 Å². The number of nitrogens with zero attached hydrogens (tertiary/aromatic N) is 5. The van der Waals surface area contributed by atoms with Gasteiger partial charge >= 0.3 is 0 Å². The maximum Gasteiger partial charge on any atom is 0.179 e. The van der Waals surface area contributed by atoms with Crippen LogP contribution in [0.4, 0.5) is 11.6 Å². The normalized spacial score (nSPS) is 16.4. The van der Waals surface area contributed by atoms with E-state index in [2.05, 4.69) is 144 Å². The van der Waals surface area contributed by atoms with Gasteiger partial charge in [0.15, 0.2) is 13.9 Å². The van der Waals surface area contributed by atoms with E-state index in [9.17, 15) is 0 Å². The molecule has 2 bridgehead atoms. The average Bonchev–Trinajstić information content (AvgIpc) is 3.34. The van der Waals surface area contributed by atoms with Crippen LogP contribution < -0.4 is 25.6 Å². The molecule has 234 valence electrons. The lowest BCUT2D eigenvalue weighted by Crippen LogP contribution is -2.74. The number of pyridine rings is 2. The molecule has 4 aromatic carbocycles. The molecule has 7 aromatic rings. The molecule has 6 heteroatoms. The summed E-state index contributed by atoms with van der Waals surface area (Å²) in [6.07, 6.45) is 11.0. The smallest absolute Gasteiger partial charge is 0.179 e. The molecule has 2 atom stereocenters. The number of anilines is 2. The minimum Gasteiger partial charge on any atom is -0.304 e. The van der Waals surface area contributed by atoms with Gasteiger partial charge in [-0.25, -0.2) is 15.0 Å². The van der Waals surface area contributed by atoms with Crippen molar-refractivity contribution in [2.24, 2.45) is 0 Å². The largest absolute Gasteiger partial charge is 0.304 e. The summed E-state index contributed by atoms with van der Waals surface area (Å²) < 4.78 is 0. The highest BCUT2D eigenvalue weighted by Gasteiger charge is 2.42. The van der Waals surface area contributed by atoms with Crippen molar-refractivity contribution < 1.29 is 0 Å². The summed E-state index contributed by atoms with van der Waals surface area (Å²) in [6, 6.07) is 52.4. The van der Waals surface area contributed by atoms with Gasteiger partial charge in [-0.05, 0) is 50.9 Å². The fourth-order valence-corrected chi connectivity index (χ4v) is 12.7. The molecule has 0 amide bonds. The Morgan fingerprint density at radius 3 is 1.94 bits per heavy atom. The lowest BCUT2D eigenvalue weighted by Gasteiger charge is -2.38. The Kier molecular flexibility index (Phi) is 7.28. The van der Waals surface area contributed by atoms with Crippen molar-refractivity contribution >= 4 is 46.5 Å². The lowest BCUT2D eigenvalue weighted by atomic mass is 9.85. The third-order valence-corrected chi connectivity index (χ3v) is 14.8. The summed E-state index contributed by atoms with van der Waals surface area (Å²) in [6.45, 7) is 0. The second kappa shape index (κ2) is 12.2. The van der Waals surface area contributed by atoms with E-state index in [0.717, 1.165) is 34.9 Å². The molecule has 2 unspecified atom stereocenters. The van der Waals surface area contributed by atoms with Gasteiger partial charge in [-0.2, -0.15) is 0 Å². The zero-order chi connectivity index (χ0) is 32.6. The van der Waals surface area contributed by atoms with Crippen molar-refractivity contribution in [1.29, 1.82) is 0 Å². The van der Waals surface area contributed by atoms with Gasteiger partial charge in [0, 0.05) is 35.6 Å². The van der Waals surface area contributed by atoms with E-state index in [1.54, 1.807) is 0 Å². The molecule has 9 rings (SSSR count). The Morgan fingerprint density at radius 1 is 0.571 bits per heavy atom. The summed E-state index contributed by atoms with van der Waals surface area (Å²) in [5.74, 6) is 2.62. The van der Waals surface area contributed by atoms with E-state index >= 15 is 0 Å². The lowest BCUT2D eigenvalue weighted by molar-refractivity contribution is 0.588. The van der Waals surface area contributed by atoms with Crippen LogP contribution >= 0.6 is 0 Å². The molecule has 5 nitrogen and oxygen atoms in total. The maximum absolute atomic E-state index is 5.27. The Morgan fingerprint density at radius 2 is 1.22 bits per heavy atom. The van der Waals surface area contributed by atoms with Gasteiger partial charge in [0.1, 0.15) is 11.6 Å². The van der Waals surface area contributed by atoms with Crippen molar-refractivity contribution in [3.8, 4) is 11.4 Å². The molecule has 0 fully saturated rings. The van der Waals surface area contributed by atoms with Crippen LogP contribution in [-0.2, 0) is 0 Å². The fraction of sp³-hybridized carbons (Fsp3) is 0.0698. The summed E-state index contributed by atoms with van der Waals surface area (Å²) in [5.41, 5.74) is 4.44. The van der Waals surface area contributed by atoms with E-state index < -0.39 is 8.07 Å². The van der Waals surface area contributed by atoms with Gasteiger partial charge < -0.3 is 4.90 Å². The first kappa shape index (κ1) is 29.2. The summed E-state index contributed by atoms with van der Waals surface area (Å²) in [7, 11) is -2.70. The Hall–Kier alpha value is -5.98. The number of rotatable bonds is 6. The summed E-state index contributed by atoms with van der Waals surface area (Å²) in [4.78, 5) is 22.2. The minimum atomic E-state index is -2.70. The van der Waals surface area contributed by atoms with Gasteiger partial charge in [-0.3, -0.25) is 4.98 Å². The first-order valence-electron chi connectivity index (χ1n) is 16.8. The van der Waals surface area contributed by atoms with Gasteiger partial charge in [-0.15, -0.1) is 0 Å². The molecule has 2 aliphatic rings. The van der Waals surface area contributed by atoms with E-state index in [1.165, 1.54) is 26.3 Å². The first-order chi connectivity index (χ1) is 24.3. The Labute approximate surface area is 287 Å². The van der Waals surface area contributed by atoms with Crippen molar-refractivity contribution in [2.45, 2.75) is 18.4 Å². The SMILES string of the molecule is C1=CC2CC(c3cccnc3N2c2ccnc(-c3cccc([Si](c4ccccc4)(c4ccccc4)c4ccccc4)c3)n2)c2ncccc21. The molecular formula is C43H33N5Si. The summed E-state index contributed by atoms with van der Waals surface area (Å²) >= 11 is 0. The molecule has 4 heterocycles. The topological polar surface area (TPSA) is 54.8 Å². The van der Waals surface area contributed by atoms with Crippen LogP contribution in [0, 0.1) is 0 Å². The van der Waals surface area contributed by atoms with Crippen LogP contribution in [0.15, 0.2) is 170 Å². The number of hydrogen-bond donors (Lipinski definition) is 0. The Bertz CT molecular complexity index is 2190. The predicted octanol–water partition coefficient (Wildman–Crippen LogP) is 6.38. The predicted molar refractivity (Wildman–Crippen MR) is 201 cm³/mol. The summed E-state index contributed by atoms with van der Waals surface area (Å²) in [5, 5.41) is 5.29. The van der Waals surface area contributed by atoms with E-state index in [-0.39, 0.29) is 12.0 Å². The molecule has 0 N–H and O–H groups in total. The molecule has 1 aliphatic carbocycles. The second-order valence-corrected chi connectivity index (χ2v) is 16.5. The van der Waals surface area contributed by atoms with Gasteiger partial charge in [0.2, 0.25) is 0 Å².